The summed E-state index contributed by atoms with van der Waals surface area (Å²) in [5, 5.41) is 0. The maximum Gasteiger partial charge on any atom is 0.331 e. The minimum absolute atomic E-state index is 0.385. The van der Waals surface area contributed by atoms with Crippen molar-refractivity contribution in [2.24, 2.45) is 0 Å². The van der Waals surface area contributed by atoms with Crippen LogP contribution in [0.15, 0.2) is 54.6 Å². The first-order valence-corrected chi connectivity index (χ1v) is 9.29. The second-order valence-electron chi connectivity index (χ2n) is 6.07. The van der Waals surface area contributed by atoms with Crippen LogP contribution in [-0.4, -0.2) is 37.6 Å². The Morgan fingerprint density at radius 2 is 1.77 bits per heavy atom. The van der Waals surface area contributed by atoms with Crippen molar-refractivity contribution in [2.45, 2.75) is 20.0 Å². The van der Waals surface area contributed by atoms with Crippen molar-refractivity contribution in [3.8, 4) is 11.5 Å². The molecule has 2 aromatic carbocycles. The van der Waals surface area contributed by atoms with Crippen molar-refractivity contribution >= 4 is 23.9 Å². The van der Waals surface area contributed by atoms with Gasteiger partial charge in [0.05, 0.1) is 13.7 Å². The molecule has 2 aromatic rings. The largest absolute Gasteiger partial charge is 0.493 e. The predicted molar refractivity (Wildman–Crippen MR) is 111 cm³/mol. The molecule has 0 aliphatic carbocycles. The van der Waals surface area contributed by atoms with Gasteiger partial charge in [0.1, 0.15) is 0 Å². The first kappa shape index (κ1) is 22.5. The van der Waals surface area contributed by atoms with Gasteiger partial charge in [-0.05, 0) is 49.8 Å². The number of benzene rings is 2. The van der Waals surface area contributed by atoms with E-state index in [1.54, 1.807) is 48.5 Å². The Morgan fingerprint density at radius 1 is 1.03 bits per heavy atom. The molecule has 158 valence electrons. The number of hydrazine groups is 1. The van der Waals surface area contributed by atoms with Crippen LogP contribution < -0.4 is 20.3 Å². The zero-order valence-electron chi connectivity index (χ0n) is 17.0. The zero-order chi connectivity index (χ0) is 21.9. The summed E-state index contributed by atoms with van der Waals surface area (Å²) in [5.74, 6) is -0.715. The van der Waals surface area contributed by atoms with E-state index < -0.39 is 23.9 Å². The first-order valence-electron chi connectivity index (χ1n) is 9.29. The summed E-state index contributed by atoms with van der Waals surface area (Å²) in [6.07, 6.45) is 1.62. The van der Waals surface area contributed by atoms with Gasteiger partial charge in [0.25, 0.3) is 11.8 Å². The van der Waals surface area contributed by atoms with Gasteiger partial charge >= 0.3 is 5.97 Å². The molecule has 8 heteroatoms. The molecule has 0 unspecified atom stereocenters. The van der Waals surface area contributed by atoms with Gasteiger partial charge in [-0.25, -0.2) is 4.79 Å². The number of amides is 2. The highest BCUT2D eigenvalue weighted by Gasteiger charge is 2.17. The normalized spacial score (nSPS) is 11.4. The van der Waals surface area contributed by atoms with Gasteiger partial charge in [0.15, 0.2) is 17.6 Å². The number of hydrogen-bond donors (Lipinski definition) is 2. The number of ether oxygens (including phenoxy) is 3. The molecule has 0 spiro atoms. The number of methoxy groups -OCH3 is 1. The van der Waals surface area contributed by atoms with Gasteiger partial charge in [0.2, 0.25) is 0 Å². The molecule has 0 saturated heterocycles. The number of hydrogen-bond acceptors (Lipinski definition) is 6. The lowest BCUT2D eigenvalue weighted by atomic mass is 10.2. The smallest absolute Gasteiger partial charge is 0.331 e. The highest BCUT2D eigenvalue weighted by molar-refractivity contribution is 5.96. The fraction of sp³-hybridized carbons (Fsp3) is 0.227. The van der Waals surface area contributed by atoms with Crippen LogP contribution in [0.25, 0.3) is 6.08 Å². The van der Waals surface area contributed by atoms with Crippen molar-refractivity contribution in [1.82, 2.24) is 10.9 Å². The lowest BCUT2D eigenvalue weighted by Gasteiger charge is -2.13. The van der Waals surface area contributed by atoms with Crippen LogP contribution in [0.1, 0.15) is 29.8 Å². The zero-order valence-corrected chi connectivity index (χ0v) is 17.0. The summed E-state index contributed by atoms with van der Waals surface area (Å²) in [7, 11) is 1.52. The second kappa shape index (κ2) is 11.3. The summed E-state index contributed by atoms with van der Waals surface area (Å²) in [6, 6.07) is 13.6. The van der Waals surface area contributed by atoms with Crippen LogP contribution in [0, 0.1) is 0 Å². The molecule has 8 nitrogen and oxygen atoms in total. The van der Waals surface area contributed by atoms with E-state index in [-0.39, 0.29) is 0 Å². The molecular weight excluding hydrogens is 388 g/mol. The van der Waals surface area contributed by atoms with Crippen molar-refractivity contribution in [3.63, 3.8) is 0 Å². The van der Waals surface area contributed by atoms with Gasteiger partial charge in [-0.2, -0.15) is 0 Å². The molecule has 2 amide bonds. The number of carbonyl (C=O) groups excluding carboxylic acids is 3. The van der Waals surface area contributed by atoms with Crippen LogP contribution in [0.5, 0.6) is 11.5 Å². The highest BCUT2D eigenvalue weighted by Crippen LogP contribution is 2.28. The van der Waals surface area contributed by atoms with Crippen molar-refractivity contribution in [1.29, 1.82) is 0 Å². The van der Waals surface area contributed by atoms with Gasteiger partial charge in [-0.1, -0.05) is 24.3 Å². The fourth-order valence-electron chi connectivity index (χ4n) is 2.38. The monoisotopic (exact) mass is 412 g/mol. The van der Waals surface area contributed by atoms with E-state index in [1.807, 2.05) is 6.92 Å². The lowest BCUT2D eigenvalue weighted by Crippen LogP contribution is -2.46. The Labute approximate surface area is 174 Å². The van der Waals surface area contributed by atoms with Crippen molar-refractivity contribution in [2.75, 3.05) is 13.7 Å². The quantitative estimate of drug-likeness (QED) is 0.392. The van der Waals surface area contributed by atoms with E-state index in [1.165, 1.54) is 26.2 Å². The number of nitrogens with one attached hydrogen (secondary N) is 2. The van der Waals surface area contributed by atoms with E-state index in [4.69, 9.17) is 14.2 Å². The summed E-state index contributed by atoms with van der Waals surface area (Å²) in [6.45, 7) is 3.77. The van der Waals surface area contributed by atoms with Gasteiger partial charge in [-0.15, -0.1) is 0 Å². The van der Waals surface area contributed by atoms with Gasteiger partial charge < -0.3 is 14.2 Å². The third-order valence-electron chi connectivity index (χ3n) is 3.90. The topological polar surface area (TPSA) is 103 Å². The minimum Gasteiger partial charge on any atom is -0.493 e. The van der Waals surface area contributed by atoms with Crippen LogP contribution in [0.3, 0.4) is 0 Å². The van der Waals surface area contributed by atoms with Crippen molar-refractivity contribution < 1.29 is 28.6 Å². The number of carbonyl (C=O) groups is 3. The summed E-state index contributed by atoms with van der Waals surface area (Å²) < 4.78 is 15.7. The van der Waals surface area contributed by atoms with E-state index in [2.05, 4.69) is 10.9 Å². The first-order chi connectivity index (χ1) is 14.4. The SMILES string of the molecule is CCOc1ccc(/C=C/C(=O)O[C@@H](C)C(=O)NNC(=O)c2ccccc2)cc1OC. The van der Waals surface area contributed by atoms with Crippen LogP contribution in [0.2, 0.25) is 0 Å². The molecule has 0 aromatic heterocycles. The molecule has 1 atom stereocenters. The van der Waals surface area contributed by atoms with Crippen LogP contribution in [0.4, 0.5) is 0 Å². The third kappa shape index (κ3) is 6.66. The molecule has 2 N–H and O–H groups in total. The number of esters is 1. The highest BCUT2D eigenvalue weighted by atomic mass is 16.5. The van der Waals surface area contributed by atoms with E-state index in [0.717, 1.165) is 0 Å². The Kier molecular flexibility index (Phi) is 8.43. The molecule has 0 bridgehead atoms. The standard InChI is InChI=1S/C22H24N2O6/c1-4-29-18-12-10-16(14-19(18)28-3)11-13-20(25)30-15(2)21(26)23-24-22(27)17-8-6-5-7-9-17/h5-15H,4H2,1-3H3,(H,23,26)(H,24,27)/b13-11+/t15-/m0/s1. The van der Waals surface area contributed by atoms with E-state index >= 15 is 0 Å². The molecule has 30 heavy (non-hydrogen) atoms. The van der Waals surface area contributed by atoms with Crippen LogP contribution >= 0.6 is 0 Å². The molecule has 2 rings (SSSR count). The average molecular weight is 412 g/mol. The summed E-state index contributed by atoms with van der Waals surface area (Å²) >= 11 is 0. The Hall–Kier alpha value is -3.81. The summed E-state index contributed by atoms with van der Waals surface area (Å²) in [4.78, 5) is 35.9. The molecule has 0 aliphatic heterocycles. The van der Waals surface area contributed by atoms with E-state index in [0.29, 0.717) is 29.2 Å². The molecule has 0 heterocycles. The van der Waals surface area contributed by atoms with Gasteiger partial charge in [-0.3, -0.25) is 20.4 Å². The Bertz CT molecular complexity index is 911. The molecule has 0 aliphatic rings. The van der Waals surface area contributed by atoms with Crippen molar-refractivity contribution in [3.05, 3.63) is 65.7 Å². The average Bonchev–Trinajstić information content (AvgIpc) is 2.77. The second-order valence-corrected chi connectivity index (χ2v) is 6.07. The minimum atomic E-state index is -1.10. The van der Waals surface area contributed by atoms with E-state index in [9.17, 15) is 14.4 Å². The Morgan fingerprint density at radius 3 is 2.43 bits per heavy atom. The summed E-state index contributed by atoms with van der Waals surface area (Å²) in [5.41, 5.74) is 5.57. The Balaban J connectivity index is 1.86. The van der Waals surface area contributed by atoms with Crippen LogP contribution in [-0.2, 0) is 14.3 Å². The predicted octanol–water partition coefficient (Wildman–Crippen LogP) is 2.50. The van der Waals surface area contributed by atoms with Gasteiger partial charge in [0, 0.05) is 11.6 Å². The maximum absolute atomic E-state index is 12.0. The third-order valence-corrected chi connectivity index (χ3v) is 3.90. The molecular formula is C22H24N2O6. The maximum atomic E-state index is 12.0. The number of rotatable bonds is 8. The molecule has 0 radical (unpaired) electrons. The molecule has 0 fully saturated rings. The fourth-order valence-corrected chi connectivity index (χ4v) is 2.38. The molecule has 0 saturated carbocycles. The lowest BCUT2D eigenvalue weighted by molar-refractivity contribution is -0.150.